The fourth-order valence-corrected chi connectivity index (χ4v) is 9.39. The van der Waals surface area contributed by atoms with Crippen molar-refractivity contribution in [3.8, 4) is 0 Å². The van der Waals surface area contributed by atoms with Crippen molar-refractivity contribution in [2.24, 2.45) is 11.3 Å². The second-order valence-electron chi connectivity index (χ2n) is 10.1. The maximum absolute atomic E-state index is 7.20. The molecule has 0 unspecified atom stereocenters. The van der Waals surface area contributed by atoms with Crippen LogP contribution in [0, 0.1) is 11.3 Å². The van der Waals surface area contributed by atoms with Gasteiger partial charge in [0.15, 0.2) is 0 Å². The van der Waals surface area contributed by atoms with E-state index >= 15 is 0 Å². The monoisotopic (exact) mass is 404 g/mol. The maximum atomic E-state index is 7.20. The van der Waals surface area contributed by atoms with Crippen molar-refractivity contribution < 1.29 is 4.43 Å². The van der Waals surface area contributed by atoms with Crippen molar-refractivity contribution in [3.05, 3.63) is 85.0 Å². The fourth-order valence-electron chi connectivity index (χ4n) is 4.82. The predicted molar refractivity (Wildman–Crippen MR) is 128 cm³/mol. The zero-order valence-electron chi connectivity index (χ0n) is 18.8. The second kappa shape index (κ2) is 8.08. The first-order valence-electron chi connectivity index (χ1n) is 10.7. The molecule has 1 nitrogen and oxygen atoms in total. The highest BCUT2D eigenvalue weighted by Gasteiger charge is 2.51. The topological polar surface area (TPSA) is 9.23 Å². The standard InChI is InChI=1S/C27H36OSi/c1-21-18-19-27(6,7)25(22(21)2)20-28-29(26(3,4)5,23-14-10-8-11-15-23)24-16-12-9-13-17-24/h8-17,25H,1-2,18-20H2,3-7H3/t25-/m1/s1. The molecule has 0 heterocycles. The normalized spacial score (nSPS) is 20.0. The number of hydrogen-bond acceptors (Lipinski definition) is 1. The minimum Gasteiger partial charge on any atom is -0.407 e. The summed E-state index contributed by atoms with van der Waals surface area (Å²) >= 11 is 0. The van der Waals surface area contributed by atoms with Crippen molar-refractivity contribution >= 4 is 18.7 Å². The van der Waals surface area contributed by atoms with Crippen LogP contribution in [-0.2, 0) is 4.43 Å². The summed E-state index contributed by atoms with van der Waals surface area (Å²) in [6.45, 7) is 21.1. The van der Waals surface area contributed by atoms with Crippen molar-refractivity contribution in [2.45, 2.75) is 52.5 Å². The number of benzene rings is 2. The summed E-state index contributed by atoms with van der Waals surface area (Å²) in [4.78, 5) is 0. The molecule has 0 aliphatic heterocycles. The molecule has 2 aromatic carbocycles. The van der Waals surface area contributed by atoms with Gasteiger partial charge in [-0.25, -0.2) is 0 Å². The van der Waals surface area contributed by atoms with Gasteiger partial charge in [0.1, 0.15) is 0 Å². The lowest BCUT2D eigenvalue weighted by Crippen LogP contribution is -2.67. The van der Waals surface area contributed by atoms with E-state index in [0.717, 1.165) is 12.8 Å². The van der Waals surface area contributed by atoms with Gasteiger partial charge >= 0.3 is 0 Å². The Balaban J connectivity index is 2.09. The van der Waals surface area contributed by atoms with Gasteiger partial charge in [-0.15, -0.1) is 0 Å². The van der Waals surface area contributed by atoms with Gasteiger partial charge in [0.25, 0.3) is 8.32 Å². The van der Waals surface area contributed by atoms with Crippen LogP contribution in [0.25, 0.3) is 0 Å². The van der Waals surface area contributed by atoms with Crippen LogP contribution < -0.4 is 10.4 Å². The van der Waals surface area contributed by atoms with Crippen molar-refractivity contribution in [1.82, 2.24) is 0 Å². The third-order valence-electron chi connectivity index (χ3n) is 6.77. The molecule has 1 saturated carbocycles. The van der Waals surface area contributed by atoms with Gasteiger partial charge in [-0.1, -0.05) is 114 Å². The van der Waals surface area contributed by atoms with E-state index in [9.17, 15) is 0 Å². The molecular weight excluding hydrogens is 368 g/mol. The minimum absolute atomic E-state index is 0.00708. The zero-order valence-corrected chi connectivity index (χ0v) is 19.8. The second-order valence-corrected chi connectivity index (χ2v) is 14.4. The van der Waals surface area contributed by atoms with E-state index in [1.54, 1.807) is 0 Å². The highest BCUT2D eigenvalue weighted by molar-refractivity contribution is 6.99. The lowest BCUT2D eigenvalue weighted by molar-refractivity contribution is 0.133. The van der Waals surface area contributed by atoms with Crippen molar-refractivity contribution in [2.75, 3.05) is 6.61 Å². The number of rotatable bonds is 5. The molecular formula is C27H36OSi. The average molecular weight is 405 g/mol. The van der Waals surface area contributed by atoms with Gasteiger partial charge in [-0.05, 0) is 39.2 Å². The Hall–Kier alpha value is -1.90. The van der Waals surface area contributed by atoms with Crippen LogP contribution in [0.1, 0.15) is 47.5 Å². The quantitative estimate of drug-likeness (QED) is 0.546. The van der Waals surface area contributed by atoms with Gasteiger partial charge in [0.2, 0.25) is 0 Å². The largest absolute Gasteiger partial charge is 0.407 e. The molecule has 1 atom stereocenters. The van der Waals surface area contributed by atoms with Gasteiger partial charge in [0, 0.05) is 12.5 Å². The lowest BCUT2D eigenvalue weighted by atomic mass is 9.66. The van der Waals surface area contributed by atoms with Crippen LogP contribution in [0.15, 0.2) is 85.0 Å². The molecule has 2 heteroatoms. The zero-order chi connectivity index (χ0) is 21.3. The Morgan fingerprint density at radius 1 is 0.931 bits per heavy atom. The van der Waals surface area contributed by atoms with Crippen LogP contribution in [0.4, 0.5) is 0 Å². The lowest BCUT2D eigenvalue weighted by Gasteiger charge is -2.47. The summed E-state index contributed by atoms with van der Waals surface area (Å²) < 4.78 is 7.20. The summed E-state index contributed by atoms with van der Waals surface area (Å²) in [5.74, 6) is 0.297. The first-order valence-corrected chi connectivity index (χ1v) is 12.6. The molecule has 0 bridgehead atoms. The van der Waals surface area contributed by atoms with Crippen LogP contribution in [0.3, 0.4) is 0 Å². The highest BCUT2D eigenvalue weighted by atomic mass is 28.4. The average Bonchev–Trinajstić information content (AvgIpc) is 2.68. The molecule has 0 saturated heterocycles. The van der Waals surface area contributed by atoms with Crippen molar-refractivity contribution in [3.63, 3.8) is 0 Å². The van der Waals surface area contributed by atoms with Gasteiger partial charge in [0.05, 0.1) is 0 Å². The summed E-state index contributed by atoms with van der Waals surface area (Å²) in [7, 11) is -2.52. The summed E-state index contributed by atoms with van der Waals surface area (Å²) in [6, 6.07) is 21.8. The molecule has 1 aliphatic carbocycles. The predicted octanol–water partition coefficient (Wildman–Crippen LogP) is 6.11. The van der Waals surface area contributed by atoms with E-state index < -0.39 is 8.32 Å². The molecule has 0 radical (unpaired) electrons. The fraction of sp³-hybridized carbons (Fsp3) is 0.407. The number of hydrogen-bond donors (Lipinski definition) is 0. The third kappa shape index (κ3) is 4.06. The van der Waals surface area contributed by atoms with Crippen LogP contribution in [0.5, 0.6) is 0 Å². The Morgan fingerprint density at radius 2 is 1.41 bits per heavy atom. The molecule has 0 N–H and O–H groups in total. The molecule has 29 heavy (non-hydrogen) atoms. The maximum Gasteiger partial charge on any atom is 0.261 e. The van der Waals surface area contributed by atoms with E-state index in [1.165, 1.54) is 21.5 Å². The van der Waals surface area contributed by atoms with Gasteiger partial charge in [-0.3, -0.25) is 0 Å². The van der Waals surface area contributed by atoms with Crippen LogP contribution in [-0.4, -0.2) is 14.9 Å². The molecule has 154 valence electrons. The summed E-state index contributed by atoms with van der Waals surface area (Å²) in [5.41, 5.74) is 2.54. The third-order valence-corrected chi connectivity index (χ3v) is 11.8. The Kier molecular flexibility index (Phi) is 6.07. The van der Waals surface area contributed by atoms with Crippen LogP contribution in [0.2, 0.25) is 5.04 Å². The Labute approximate surface area is 178 Å². The van der Waals surface area contributed by atoms with E-state index in [1.807, 2.05) is 0 Å². The van der Waals surface area contributed by atoms with Gasteiger partial charge < -0.3 is 4.43 Å². The SMILES string of the molecule is C=C1CCC(C)(C)[C@H](CO[Si](c2ccccc2)(c2ccccc2)C(C)(C)C)C1=C. The molecule has 1 aliphatic rings. The first-order chi connectivity index (χ1) is 13.6. The molecule has 2 aromatic rings. The molecule has 1 fully saturated rings. The van der Waals surface area contributed by atoms with Crippen LogP contribution >= 0.6 is 0 Å². The van der Waals surface area contributed by atoms with E-state index in [4.69, 9.17) is 4.43 Å². The Bertz CT molecular complexity index is 819. The van der Waals surface area contributed by atoms with Gasteiger partial charge in [-0.2, -0.15) is 0 Å². The minimum atomic E-state index is -2.52. The molecule has 0 amide bonds. The van der Waals surface area contributed by atoms with E-state index in [2.05, 4.69) is 108 Å². The van der Waals surface area contributed by atoms with E-state index in [0.29, 0.717) is 12.5 Å². The summed E-state index contributed by atoms with van der Waals surface area (Å²) in [5, 5.41) is 2.65. The van der Waals surface area contributed by atoms with E-state index in [-0.39, 0.29) is 10.5 Å². The number of allylic oxidation sites excluding steroid dienone is 1. The molecule has 3 rings (SSSR count). The summed E-state index contributed by atoms with van der Waals surface area (Å²) in [6.07, 6.45) is 2.18. The molecule has 0 spiro atoms. The smallest absolute Gasteiger partial charge is 0.261 e. The van der Waals surface area contributed by atoms with Crippen molar-refractivity contribution in [1.29, 1.82) is 0 Å². The first kappa shape index (κ1) is 21.8. The highest BCUT2D eigenvalue weighted by Crippen LogP contribution is 2.46. The Morgan fingerprint density at radius 3 is 1.86 bits per heavy atom. The molecule has 0 aromatic heterocycles.